The van der Waals surface area contributed by atoms with Crippen molar-refractivity contribution in [2.45, 2.75) is 51.6 Å². The fourth-order valence-corrected chi connectivity index (χ4v) is 4.41. The average molecular weight is 467 g/mol. The Kier molecular flexibility index (Phi) is 6.24. The highest BCUT2D eigenvalue weighted by Gasteiger charge is 2.39. The first-order chi connectivity index (χ1) is 16.4. The summed E-state index contributed by atoms with van der Waals surface area (Å²) in [5.41, 5.74) is 2.06. The number of anilines is 3. The number of hydrogen-bond acceptors (Lipinski definition) is 9. The highest BCUT2D eigenvalue weighted by molar-refractivity contribution is 5.88. The summed E-state index contributed by atoms with van der Waals surface area (Å²) in [7, 11) is 2.16. The van der Waals surface area contributed by atoms with Gasteiger partial charge in [-0.15, -0.1) is 0 Å². The maximum Gasteiger partial charge on any atom is 0.417 e. The molecule has 2 aromatic rings. The number of rotatable bonds is 7. The van der Waals surface area contributed by atoms with Crippen LogP contribution < -0.4 is 15.1 Å². The first-order valence-corrected chi connectivity index (χ1v) is 12.3. The predicted octanol–water partition coefficient (Wildman–Crippen LogP) is 3.05. The molecule has 10 nitrogen and oxygen atoms in total. The monoisotopic (exact) mass is 466 g/mol. The molecular weight excluding hydrogens is 432 g/mol. The van der Waals surface area contributed by atoms with Gasteiger partial charge < -0.3 is 19.9 Å². The molecule has 1 unspecified atom stereocenters. The van der Waals surface area contributed by atoms with Gasteiger partial charge in [-0.3, -0.25) is 4.98 Å². The van der Waals surface area contributed by atoms with E-state index in [1.54, 1.807) is 4.90 Å². The summed E-state index contributed by atoms with van der Waals surface area (Å²) in [6, 6.07) is 4.00. The number of cyclic esters (lactones) is 1. The molecule has 0 radical (unpaired) electrons. The number of ether oxygens (including phenoxy) is 1. The molecule has 0 bridgehead atoms. The van der Waals surface area contributed by atoms with E-state index in [1.807, 2.05) is 13.1 Å². The van der Waals surface area contributed by atoms with Crippen LogP contribution in [-0.4, -0.2) is 76.8 Å². The molecule has 1 aliphatic carbocycles. The Bertz CT molecular complexity index is 1020. The Balaban J connectivity index is 1.34. The van der Waals surface area contributed by atoms with E-state index in [0.29, 0.717) is 24.4 Å². The molecule has 2 atom stereocenters. The summed E-state index contributed by atoms with van der Waals surface area (Å²) in [6.07, 6.45) is 3.67. The first kappa shape index (κ1) is 22.8. The molecule has 10 heteroatoms. The standard InChI is InChI=1S/C24H34N8O2/c1-15(2)20-14-34-24(33)32(20)23-28-21(17-5-6-17)27-22(29-23)26-16(3)19-8-7-18(13-25-19)31-11-9-30(4)10-12-31/h7-8,13,15-17,20H,5-6,9-12,14H2,1-4H3,(H,26,27,28,29)/t16-,20?/m0/s1. The number of pyridine rings is 1. The van der Waals surface area contributed by atoms with Crippen LogP contribution in [0.1, 0.15) is 57.1 Å². The highest BCUT2D eigenvalue weighted by atomic mass is 16.6. The molecule has 1 N–H and O–H groups in total. The minimum absolute atomic E-state index is 0.0870. The molecule has 4 heterocycles. The summed E-state index contributed by atoms with van der Waals surface area (Å²) in [4.78, 5) is 37.4. The molecule has 0 spiro atoms. The van der Waals surface area contributed by atoms with Gasteiger partial charge in [-0.1, -0.05) is 13.8 Å². The van der Waals surface area contributed by atoms with E-state index in [9.17, 15) is 4.79 Å². The molecule has 2 saturated heterocycles. The third kappa shape index (κ3) is 4.77. The topological polar surface area (TPSA) is 99.6 Å². The van der Waals surface area contributed by atoms with Crippen molar-refractivity contribution in [3.63, 3.8) is 0 Å². The molecule has 3 fully saturated rings. The summed E-state index contributed by atoms with van der Waals surface area (Å²) in [5.74, 6) is 2.12. The zero-order valence-corrected chi connectivity index (χ0v) is 20.4. The van der Waals surface area contributed by atoms with Gasteiger partial charge in [0.25, 0.3) is 0 Å². The zero-order chi connectivity index (χ0) is 23.8. The Labute approximate surface area is 200 Å². The van der Waals surface area contributed by atoms with Gasteiger partial charge in [0.2, 0.25) is 11.9 Å². The van der Waals surface area contributed by atoms with E-state index < -0.39 is 6.09 Å². The maximum atomic E-state index is 12.5. The fraction of sp³-hybridized carbons (Fsp3) is 0.625. The van der Waals surface area contributed by atoms with Crippen LogP contribution in [0.3, 0.4) is 0 Å². The molecule has 1 amide bonds. The Hall–Kier alpha value is -3.01. The van der Waals surface area contributed by atoms with Crippen molar-refractivity contribution in [1.82, 2.24) is 24.8 Å². The number of carbonyl (C=O) groups is 1. The lowest BCUT2D eigenvalue weighted by molar-refractivity contribution is 0.177. The molecule has 2 aliphatic heterocycles. The van der Waals surface area contributed by atoms with Crippen LogP contribution >= 0.6 is 0 Å². The lowest BCUT2D eigenvalue weighted by Crippen LogP contribution is -2.44. The second-order valence-corrected chi connectivity index (χ2v) is 9.95. The number of hydrogen-bond donors (Lipinski definition) is 1. The van der Waals surface area contributed by atoms with E-state index in [0.717, 1.165) is 56.2 Å². The summed E-state index contributed by atoms with van der Waals surface area (Å²) in [6.45, 7) is 10.7. The normalized spacial score (nSPS) is 22.3. The van der Waals surface area contributed by atoms with Crippen molar-refractivity contribution in [3.8, 4) is 0 Å². The van der Waals surface area contributed by atoms with E-state index in [-0.39, 0.29) is 18.0 Å². The molecule has 182 valence electrons. The van der Waals surface area contributed by atoms with Crippen molar-refractivity contribution in [2.24, 2.45) is 5.92 Å². The molecule has 3 aliphatic rings. The van der Waals surface area contributed by atoms with Crippen LogP contribution in [0.4, 0.5) is 22.4 Å². The van der Waals surface area contributed by atoms with E-state index in [4.69, 9.17) is 9.72 Å². The highest BCUT2D eigenvalue weighted by Crippen LogP contribution is 2.39. The van der Waals surface area contributed by atoms with Gasteiger partial charge in [-0.25, -0.2) is 9.69 Å². The fourth-order valence-electron chi connectivity index (χ4n) is 4.41. The molecular formula is C24H34N8O2. The summed E-state index contributed by atoms with van der Waals surface area (Å²) in [5, 5.41) is 3.39. The van der Waals surface area contributed by atoms with Gasteiger partial charge in [-0.2, -0.15) is 15.0 Å². The van der Waals surface area contributed by atoms with Crippen LogP contribution in [-0.2, 0) is 4.74 Å². The minimum Gasteiger partial charge on any atom is -0.447 e. The number of piperazine rings is 1. The third-order valence-electron chi connectivity index (χ3n) is 6.90. The number of likely N-dealkylation sites (N-methyl/N-ethyl adjacent to an activating group) is 1. The average Bonchev–Trinajstić information content (AvgIpc) is 3.61. The van der Waals surface area contributed by atoms with Crippen molar-refractivity contribution < 1.29 is 9.53 Å². The van der Waals surface area contributed by atoms with Crippen molar-refractivity contribution in [1.29, 1.82) is 0 Å². The van der Waals surface area contributed by atoms with Crippen LogP contribution in [0.25, 0.3) is 0 Å². The van der Waals surface area contributed by atoms with Gasteiger partial charge in [0.05, 0.1) is 29.7 Å². The second kappa shape index (κ2) is 9.32. The van der Waals surface area contributed by atoms with Gasteiger partial charge in [0.15, 0.2) is 0 Å². The summed E-state index contributed by atoms with van der Waals surface area (Å²) >= 11 is 0. The van der Waals surface area contributed by atoms with Gasteiger partial charge in [-0.05, 0) is 44.9 Å². The maximum absolute atomic E-state index is 12.5. The van der Waals surface area contributed by atoms with E-state index in [1.165, 1.54) is 0 Å². The predicted molar refractivity (Wildman–Crippen MR) is 130 cm³/mol. The molecule has 0 aromatic carbocycles. The summed E-state index contributed by atoms with van der Waals surface area (Å²) < 4.78 is 5.32. The van der Waals surface area contributed by atoms with Crippen molar-refractivity contribution in [3.05, 3.63) is 29.8 Å². The van der Waals surface area contributed by atoms with Crippen LogP contribution in [0.2, 0.25) is 0 Å². The zero-order valence-electron chi connectivity index (χ0n) is 20.4. The lowest BCUT2D eigenvalue weighted by atomic mass is 10.1. The third-order valence-corrected chi connectivity index (χ3v) is 6.90. The van der Waals surface area contributed by atoms with Gasteiger partial charge >= 0.3 is 6.09 Å². The Morgan fingerprint density at radius 1 is 1.06 bits per heavy atom. The second-order valence-electron chi connectivity index (χ2n) is 9.95. The number of aromatic nitrogens is 4. The van der Waals surface area contributed by atoms with Gasteiger partial charge in [0.1, 0.15) is 12.4 Å². The van der Waals surface area contributed by atoms with Crippen LogP contribution in [0.15, 0.2) is 18.3 Å². The van der Waals surface area contributed by atoms with E-state index >= 15 is 0 Å². The smallest absolute Gasteiger partial charge is 0.417 e. The number of nitrogens with zero attached hydrogens (tertiary/aromatic N) is 7. The van der Waals surface area contributed by atoms with E-state index in [2.05, 4.69) is 63.1 Å². The quantitative estimate of drug-likeness (QED) is 0.660. The molecule has 34 heavy (non-hydrogen) atoms. The Morgan fingerprint density at radius 3 is 2.47 bits per heavy atom. The number of amides is 1. The number of nitrogens with one attached hydrogen (secondary N) is 1. The first-order valence-electron chi connectivity index (χ1n) is 12.3. The van der Waals surface area contributed by atoms with Crippen LogP contribution in [0, 0.1) is 5.92 Å². The molecule has 5 rings (SSSR count). The minimum atomic E-state index is -0.396. The van der Waals surface area contributed by atoms with Gasteiger partial charge in [0, 0.05) is 32.1 Å². The van der Waals surface area contributed by atoms with Crippen molar-refractivity contribution >= 4 is 23.7 Å². The van der Waals surface area contributed by atoms with Crippen molar-refractivity contribution in [2.75, 3.05) is 55.0 Å². The van der Waals surface area contributed by atoms with Crippen LogP contribution in [0.5, 0.6) is 0 Å². The molecule has 1 saturated carbocycles. The largest absolute Gasteiger partial charge is 0.447 e. The number of carbonyl (C=O) groups excluding carboxylic acids is 1. The SMILES string of the molecule is CC(C)C1COC(=O)N1c1nc(N[C@@H](C)c2ccc(N3CCN(C)CC3)cn2)nc(C2CC2)n1. The Morgan fingerprint density at radius 2 is 1.82 bits per heavy atom. The lowest BCUT2D eigenvalue weighted by Gasteiger charge is -2.33. The molecule has 2 aromatic heterocycles.